The van der Waals surface area contributed by atoms with Crippen LogP contribution in [-0.2, 0) is 4.79 Å². The van der Waals surface area contributed by atoms with E-state index in [1.165, 1.54) is 7.11 Å². The van der Waals surface area contributed by atoms with Crippen molar-refractivity contribution in [1.82, 2.24) is 0 Å². The fraction of sp³-hybridized carbons (Fsp3) is 0.300. The van der Waals surface area contributed by atoms with Crippen LogP contribution in [-0.4, -0.2) is 28.4 Å². The monoisotopic (exact) mass is 248 g/mol. The van der Waals surface area contributed by atoms with Crippen LogP contribution in [0.4, 0.5) is 8.78 Å². The minimum Gasteiger partial charge on any atom is -0.507 e. The van der Waals surface area contributed by atoms with E-state index in [2.05, 4.69) is 4.74 Å². The van der Waals surface area contributed by atoms with Crippen molar-refractivity contribution in [2.75, 3.05) is 7.11 Å². The maximum Gasteiger partial charge on any atom is 0.337 e. The van der Waals surface area contributed by atoms with Crippen LogP contribution in [0.15, 0.2) is 12.1 Å². The van der Waals surface area contributed by atoms with Gasteiger partial charge >= 0.3 is 5.97 Å². The van der Waals surface area contributed by atoms with E-state index < -0.39 is 35.4 Å². The van der Waals surface area contributed by atoms with E-state index in [1.54, 1.807) is 0 Å². The van der Waals surface area contributed by atoms with E-state index in [0.717, 1.165) is 12.1 Å². The first-order chi connectivity index (χ1) is 7.88. The first kappa shape index (κ1) is 13.2. The van der Waals surface area contributed by atoms with Crippen LogP contribution in [0.3, 0.4) is 0 Å². The molecule has 1 rings (SSSR count). The van der Waals surface area contributed by atoms with Gasteiger partial charge < -0.3 is 20.1 Å². The quantitative estimate of drug-likeness (QED) is 0.750. The minimum absolute atomic E-state index is 0.0756. The molecule has 0 amide bonds. The second kappa shape index (κ2) is 4.96. The molecular formula is C10H10F2O5. The Labute approximate surface area is 94.9 Å². The van der Waals surface area contributed by atoms with Crippen LogP contribution in [0, 0.1) is 0 Å². The maximum absolute atomic E-state index is 12.5. The highest BCUT2D eigenvalue weighted by atomic mass is 19.3. The number of carboxylic acids is 1. The highest BCUT2D eigenvalue weighted by Crippen LogP contribution is 2.37. The maximum atomic E-state index is 12.5. The summed E-state index contributed by atoms with van der Waals surface area (Å²) in [4.78, 5) is 10.5. The molecule has 0 aliphatic heterocycles. The molecule has 94 valence electrons. The summed E-state index contributed by atoms with van der Waals surface area (Å²) in [5, 5.41) is 27.2. The third-order valence-electron chi connectivity index (χ3n) is 2.14. The molecule has 0 saturated heterocycles. The summed E-state index contributed by atoms with van der Waals surface area (Å²) in [6.45, 7) is 0. The first-order valence-corrected chi connectivity index (χ1v) is 4.48. The normalized spacial score (nSPS) is 12.5. The van der Waals surface area contributed by atoms with E-state index in [0.29, 0.717) is 0 Å². The molecule has 17 heavy (non-hydrogen) atoms. The molecule has 0 spiro atoms. The van der Waals surface area contributed by atoms with Gasteiger partial charge in [-0.1, -0.05) is 0 Å². The van der Waals surface area contributed by atoms with Gasteiger partial charge in [-0.25, -0.2) is 13.6 Å². The standard InChI is InChI=1S/C10H10F2O5/c1-17-4-2-5(8(14)10(15)16)7(13)6(3-4)9(11)12/h2-3,8-9,13-14H,1H3,(H,15,16). The molecule has 1 aromatic rings. The number of benzene rings is 1. The van der Waals surface area contributed by atoms with Gasteiger partial charge in [-0.15, -0.1) is 0 Å². The Morgan fingerprint density at radius 2 is 1.88 bits per heavy atom. The summed E-state index contributed by atoms with van der Waals surface area (Å²) in [5.74, 6) is -2.68. The van der Waals surface area contributed by atoms with Crippen molar-refractivity contribution in [3.63, 3.8) is 0 Å². The number of methoxy groups -OCH3 is 1. The average Bonchev–Trinajstić information content (AvgIpc) is 2.27. The lowest BCUT2D eigenvalue weighted by molar-refractivity contribution is -0.147. The minimum atomic E-state index is -3.01. The number of carbonyl (C=O) groups is 1. The molecule has 7 heteroatoms. The molecule has 1 aromatic carbocycles. The number of halogens is 2. The van der Waals surface area contributed by atoms with E-state index in [4.69, 9.17) is 5.11 Å². The van der Waals surface area contributed by atoms with Crippen molar-refractivity contribution in [2.45, 2.75) is 12.5 Å². The van der Waals surface area contributed by atoms with Gasteiger partial charge in [0.2, 0.25) is 0 Å². The summed E-state index contributed by atoms with van der Waals surface area (Å²) >= 11 is 0. The molecule has 3 N–H and O–H groups in total. The van der Waals surface area contributed by atoms with Gasteiger partial charge in [0.05, 0.1) is 12.7 Å². The number of phenolic OH excluding ortho intramolecular Hbond substituents is 1. The molecule has 1 unspecified atom stereocenters. The number of aliphatic carboxylic acids is 1. The van der Waals surface area contributed by atoms with Crippen LogP contribution in [0.5, 0.6) is 11.5 Å². The Bertz CT molecular complexity index is 433. The topological polar surface area (TPSA) is 87.0 Å². The number of alkyl halides is 2. The van der Waals surface area contributed by atoms with Crippen molar-refractivity contribution in [3.8, 4) is 11.5 Å². The summed E-state index contributed by atoms with van der Waals surface area (Å²) in [7, 11) is 1.19. The van der Waals surface area contributed by atoms with Gasteiger partial charge in [0.1, 0.15) is 11.5 Å². The largest absolute Gasteiger partial charge is 0.507 e. The van der Waals surface area contributed by atoms with E-state index in [9.17, 15) is 23.8 Å². The SMILES string of the molecule is COc1cc(C(F)F)c(O)c(C(O)C(=O)O)c1. The van der Waals surface area contributed by atoms with Crippen LogP contribution < -0.4 is 4.74 Å². The Morgan fingerprint density at radius 3 is 2.29 bits per heavy atom. The lowest BCUT2D eigenvalue weighted by Gasteiger charge is -2.14. The number of phenols is 1. The van der Waals surface area contributed by atoms with E-state index >= 15 is 0 Å². The Balaban J connectivity index is 3.38. The number of hydrogen-bond acceptors (Lipinski definition) is 4. The number of aromatic hydroxyl groups is 1. The van der Waals surface area contributed by atoms with Gasteiger partial charge in [0, 0.05) is 5.56 Å². The summed E-state index contributed by atoms with van der Waals surface area (Å²) in [6.07, 6.45) is -5.10. The highest BCUT2D eigenvalue weighted by Gasteiger charge is 2.25. The second-order valence-corrected chi connectivity index (χ2v) is 3.20. The zero-order valence-electron chi connectivity index (χ0n) is 8.72. The van der Waals surface area contributed by atoms with Crippen molar-refractivity contribution >= 4 is 5.97 Å². The zero-order valence-corrected chi connectivity index (χ0v) is 8.72. The van der Waals surface area contributed by atoms with Gasteiger partial charge in [-0.05, 0) is 12.1 Å². The Hall–Kier alpha value is -1.89. The molecule has 0 bridgehead atoms. The molecule has 0 aliphatic rings. The molecule has 0 saturated carbocycles. The van der Waals surface area contributed by atoms with Crippen LogP contribution >= 0.6 is 0 Å². The summed E-state index contributed by atoms with van der Waals surface area (Å²) in [5.41, 5.74) is -1.33. The fourth-order valence-corrected chi connectivity index (χ4v) is 1.28. The van der Waals surface area contributed by atoms with E-state index in [-0.39, 0.29) is 5.75 Å². The summed E-state index contributed by atoms with van der Waals surface area (Å²) in [6, 6.07) is 1.86. The Kier molecular flexibility index (Phi) is 3.84. The van der Waals surface area contributed by atoms with Crippen molar-refractivity contribution in [1.29, 1.82) is 0 Å². The van der Waals surface area contributed by atoms with Crippen molar-refractivity contribution in [2.24, 2.45) is 0 Å². The number of aliphatic hydroxyl groups is 1. The predicted octanol–water partition coefficient (Wildman–Crippen LogP) is 1.46. The molecule has 0 heterocycles. The number of rotatable bonds is 4. The number of aliphatic hydroxyl groups excluding tert-OH is 1. The molecule has 1 atom stereocenters. The fourth-order valence-electron chi connectivity index (χ4n) is 1.28. The Morgan fingerprint density at radius 1 is 1.35 bits per heavy atom. The van der Waals surface area contributed by atoms with Crippen molar-refractivity contribution < 1.29 is 33.6 Å². The zero-order chi connectivity index (χ0) is 13.2. The lowest BCUT2D eigenvalue weighted by atomic mass is 10.0. The predicted molar refractivity (Wildman–Crippen MR) is 52.2 cm³/mol. The van der Waals surface area contributed by atoms with Gasteiger partial charge in [0.15, 0.2) is 6.10 Å². The van der Waals surface area contributed by atoms with Gasteiger partial charge in [-0.3, -0.25) is 0 Å². The lowest BCUT2D eigenvalue weighted by Crippen LogP contribution is -2.11. The molecular weight excluding hydrogens is 238 g/mol. The molecule has 0 radical (unpaired) electrons. The molecule has 5 nitrogen and oxygen atoms in total. The number of hydrogen-bond donors (Lipinski definition) is 3. The van der Waals surface area contributed by atoms with Crippen LogP contribution in [0.1, 0.15) is 23.7 Å². The third kappa shape index (κ3) is 2.62. The second-order valence-electron chi connectivity index (χ2n) is 3.20. The molecule has 0 fully saturated rings. The summed E-state index contributed by atoms with van der Waals surface area (Å²) < 4.78 is 29.8. The first-order valence-electron chi connectivity index (χ1n) is 4.48. The average molecular weight is 248 g/mol. The van der Waals surface area contributed by atoms with Crippen LogP contribution in [0.25, 0.3) is 0 Å². The number of carboxylic acid groups (broad SMARTS) is 1. The molecule has 0 aromatic heterocycles. The molecule has 0 aliphatic carbocycles. The van der Waals surface area contributed by atoms with Gasteiger partial charge in [-0.2, -0.15) is 0 Å². The third-order valence-corrected chi connectivity index (χ3v) is 2.14. The number of ether oxygens (including phenoxy) is 1. The van der Waals surface area contributed by atoms with Crippen molar-refractivity contribution in [3.05, 3.63) is 23.3 Å². The smallest absolute Gasteiger partial charge is 0.337 e. The van der Waals surface area contributed by atoms with Gasteiger partial charge in [0.25, 0.3) is 6.43 Å². The van der Waals surface area contributed by atoms with E-state index in [1.807, 2.05) is 0 Å². The van der Waals surface area contributed by atoms with Crippen LogP contribution in [0.2, 0.25) is 0 Å². The highest BCUT2D eigenvalue weighted by molar-refractivity contribution is 5.75.